The monoisotopic (exact) mass is 252 g/mol. The Labute approximate surface area is 107 Å². The molecule has 0 atom stereocenters. The van der Waals surface area contributed by atoms with Crippen LogP contribution >= 0.6 is 0 Å². The number of carbonyl (C=O) groups excluding carboxylic acids is 1. The molecule has 0 bridgehead atoms. The molecule has 0 saturated heterocycles. The third-order valence-corrected chi connectivity index (χ3v) is 2.45. The first-order valence-corrected chi connectivity index (χ1v) is 5.86. The second-order valence-corrected chi connectivity index (χ2v) is 4.70. The van der Waals surface area contributed by atoms with Gasteiger partial charge >= 0.3 is 6.09 Å². The van der Waals surface area contributed by atoms with Gasteiger partial charge in [-0.3, -0.25) is 0 Å². The highest BCUT2D eigenvalue weighted by Crippen LogP contribution is 2.18. The Bertz CT molecular complexity index is 388. The molecule has 0 heterocycles. The van der Waals surface area contributed by atoms with Crippen molar-refractivity contribution in [2.45, 2.75) is 32.3 Å². The number of benzene rings is 1. The van der Waals surface area contributed by atoms with Crippen LogP contribution in [0.5, 0.6) is 5.75 Å². The third kappa shape index (κ3) is 5.43. The smallest absolute Gasteiger partial charge is 0.405 e. The fraction of sp³-hybridized carbons (Fsp3) is 0.462. The van der Waals surface area contributed by atoms with Crippen molar-refractivity contribution in [3.05, 3.63) is 24.3 Å². The highest BCUT2D eigenvalue weighted by atomic mass is 16.6. The lowest BCUT2D eigenvalue weighted by Crippen LogP contribution is -2.31. The number of hydrogen-bond acceptors (Lipinski definition) is 4. The zero-order valence-electron chi connectivity index (χ0n) is 10.8. The number of anilines is 1. The van der Waals surface area contributed by atoms with Gasteiger partial charge in [0.15, 0.2) is 0 Å². The Kier molecular flexibility index (Phi) is 4.83. The van der Waals surface area contributed by atoms with Crippen LogP contribution in [-0.2, 0) is 4.74 Å². The maximum atomic E-state index is 10.7. The Hall–Kier alpha value is -1.91. The SMILES string of the molecule is CC(C)(CCCOc1ccc(N)cc1)OC(N)=O. The van der Waals surface area contributed by atoms with E-state index >= 15 is 0 Å². The number of nitrogens with two attached hydrogens (primary N) is 2. The van der Waals surface area contributed by atoms with Crippen molar-refractivity contribution in [3.63, 3.8) is 0 Å². The third-order valence-electron chi connectivity index (χ3n) is 2.45. The molecule has 18 heavy (non-hydrogen) atoms. The fourth-order valence-corrected chi connectivity index (χ4v) is 1.58. The van der Waals surface area contributed by atoms with E-state index in [0.717, 1.165) is 12.2 Å². The van der Waals surface area contributed by atoms with Gasteiger partial charge in [0.2, 0.25) is 0 Å². The van der Waals surface area contributed by atoms with E-state index in [9.17, 15) is 4.79 Å². The lowest BCUT2D eigenvalue weighted by molar-refractivity contribution is 0.0349. The highest BCUT2D eigenvalue weighted by Gasteiger charge is 2.20. The molecular formula is C13H20N2O3. The van der Waals surface area contributed by atoms with Gasteiger partial charge in [-0.2, -0.15) is 0 Å². The largest absolute Gasteiger partial charge is 0.494 e. The molecule has 5 nitrogen and oxygen atoms in total. The second-order valence-electron chi connectivity index (χ2n) is 4.70. The summed E-state index contributed by atoms with van der Waals surface area (Å²) in [5.41, 5.74) is 10.7. The maximum Gasteiger partial charge on any atom is 0.405 e. The summed E-state index contributed by atoms with van der Waals surface area (Å²) in [5, 5.41) is 0. The van der Waals surface area contributed by atoms with Crippen LogP contribution < -0.4 is 16.2 Å². The minimum Gasteiger partial charge on any atom is -0.494 e. The molecule has 0 radical (unpaired) electrons. The van der Waals surface area contributed by atoms with Crippen molar-refractivity contribution in [2.24, 2.45) is 5.73 Å². The summed E-state index contributed by atoms with van der Waals surface area (Å²) >= 11 is 0. The first-order valence-electron chi connectivity index (χ1n) is 5.86. The van der Waals surface area contributed by atoms with E-state index < -0.39 is 11.7 Å². The molecule has 0 saturated carbocycles. The summed E-state index contributed by atoms with van der Waals surface area (Å²) in [7, 11) is 0. The van der Waals surface area contributed by atoms with Crippen molar-refractivity contribution in [1.29, 1.82) is 0 Å². The topological polar surface area (TPSA) is 87.6 Å². The van der Waals surface area contributed by atoms with Crippen molar-refractivity contribution in [2.75, 3.05) is 12.3 Å². The van der Waals surface area contributed by atoms with Crippen molar-refractivity contribution in [3.8, 4) is 5.75 Å². The molecular weight excluding hydrogens is 232 g/mol. The molecule has 0 spiro atoms. The Balaban J connectivity index is 2.26. The molecule has 1 aromatic carbocycles. The lowest BCUT2D eigenvalue weighted by Gasteiger charge is -2.23. The second kappa shape index (κ2) is 6.14. The van der Waals surface area contributed by atoms with Gasteiger partial charge in [-0.1, -0.05) is 0 Å². The van der Waals surface area contributed by atoms with Crippen molar-refractivity contribution in [1.82, 2.24) is 0 Å². The first-order chi connectivity index (χ1) is 8.39. The van der Waals surface area contributed by atoms with E-state index in [1.165, 1.54) is 0 Å². The highest BCUT2D eigenvalue weighted by molar-refractivity contribution is 5.65. The number of hydrogen-bond donors (Lipinski definition) is 2. The zero-order chi connectivity index (χ0) is 13.6. The summed E-state index contributed by atoms with van der Waals surface area (Å²) in [4.78, 5) is 10.7. The predicted octanol–water partition coefficient (Wildman–Crippen LogP) is 2.30. The van der Waals surface area contributed by atoms with E-state index in [1.807, 2.05) is 26.0 Å². The Morgan fingerprint density at radius 3 is 2.44 bits per heavy atom. The number of nitrogen functional groups attached to an aromatic ring is 1. The standard InChI is InChI=1S/C13H20N2O3/c1-13(2,18-12(15)16)8-3-9-17-11-6-4-10(14)5-7-11/h4-7H,3,8-9,14H2,1-2H3,(H2,15,16). The quantitative estimate of drug-likeness (QED) is 0.600. The molecule has 0 fully saturated rings. The molecule has 0 unspecified atom stereocenters. The number of primary amides is 1. The van der Waals surface area contributed by atoms with Crippen LogP contribution in [0.1, 0.15) is 26.7 Å². The molecule has 1 rings (SSSR count). The van der Waals surface area contributed by atoms with E-state index in [-0.39, 0.29) is 0 Å². The normalized spacial score (nSPS) is 11.0. The summed E-state index contributed by atoms with van der Waals surface area (Å²) in [6.45, 7) is 4.19. The maximum absolute atomic E-state index is 10.7. The zero-order valence-corrected chi connectivity index (χ0v) is 10.8. The molecule has 0 aliphatic carbocycles. The van der Waals surface area contributed by atoms with Gasteiger partial charge in [-0.25, -0.2) is 4.79 Å². The Morgan fingerprint density at radius 1 is 1.28 bits per heavy atom. The van der Waals surface area contributed by atoms with E-state index in [0.29, 0.717) is 18.7 Å². The van der Waals surface area contributed by atoms with Crippen LogP contribution in [0.15, 0.2) is 24.3 Å². The summed E-state index contributed by atoms with van der Waals surface area (Å²) < 4.78 is 10.5. The predicted molar refractivity (Wildman–Crippen MR) is 70.3 cm³/mol. The van der Waals surface area contributed by atoms with Crippen LogP contribution in [0.4, 0.5) is 10.5 Å². The van der Waals surface area contributed by atoms with Crippen LogP contribution in [0.3, 0.4) is 0 Å². The molecule has 4 N–H and O–H groups in total. The van der Waals surface area contributed by atoms with Gasteiger partial charge in [0, 0.05) is 5.69 Å². The molecule has 1 amide bonds. The van der Waals surface area contributed by atoms with Crippen LogP contribution in [0.25, 0.3) is 0 Å². The van der Waals surface area contributed by atoms with Gasteiger partial charge in [-0.05, 0) is 51.0 Å². The van der Waals surface area contributed by atoms with Crippen molar-refractivity contribution < 1.29 is 14.3 Å². The molecule has 0 aliphatic heterocycles. The van der Waals surface area contributed by atoms with E-state index in [4.69, 9.17) is 20.9 Å². The van der Waals surface area contributed by atoms with Gasteiger partial charge in [0.05, 0.1) is 6.61 Å². The van der Waals surface area contributed by atoms with E-state index in [2.05, 4.69) is 0 Å². The first kappa shape index (κ1) is 14.2. The number of ether oxygens (including phenoxy) is 2. The summed E-state index contributed by atoms with van der Waals surface area (Å²) in [6, 6.07) is 7.21. The number of amides is 1. The number of carbonyl (C=O) groups is 1. The minimum atomic E-state index is -0.751. The van der Waals surface area contributed by atoms with Gasteiger partial charge in [0.25, 0.3) is 0 Å². The summed E-state index contributed by atoms with van der Waals surface area (Å²) in [6.07, 6.45) is 0.703. The van der Waals surface area contributed by atoms with Crippen molar-refractivity contribution >= 4 is 11.8 Å². The number of rotatable bonds is 6. The van der Waals surface area contributed by atoms with Crippen LogP contribution in [0.2, 0.25) is 0 Å². The fourth-order valence-electron chi connectivity index (χ4n) is 1.58. The van der Waals surface area contributed by atoms with Crippen LogP contribution in [-0.4, -0.2) is 18.3 Å². The summed E-state index contributed by atoms with van der Waals surface area (Å²) in [5.74, 6) is 0.776. The average molecular weight is 252 g/mol. The Morgan fingerprint density at radius 2 is 1.89 bits per heavy atom. The van der Waals surface area contributed by atoms with Gasteiger partial charge < -0.3 is 20.9 Å². The molecule has 5 heteroatoms. The molecule has 0 aromatic heterocycles. The van der Waals surface area contributed by atoms with Gasteiger partial charge in [-0.15, -0.1) is 0 Å². The minimum absolute atomic E-state index is 0.551. The molecule has 100 valence electrons. The lowest BCUT2D eigenvalue weighted by atomic mass is 10.0. The van der Waals surface area contributed by atoms with Gasteiger partial charge in [0.1, 0.15) is 11.4 Å². The molecule has 0 aliphatic rings. The molecule has 1 aromatic rings. The van der Waals surface area contributed by atoms with E-state index in [1.54, 1.807) is 12.1 Å². The average Bonchev–Trinajstić information content (AvgIpc) is 2.25. The van der Waals surface area contributed by atoms with Crippen LogP contribution in [0, 0.1) is 0 Å².